The minimum absolute atomic E-state index is 0.0223. The lowest BCUT2D eigenvalue weighted by Crippen LogP contribution is -2.39. The van der Waals surface area contributed by atoms with Crippen LogP contribution < -0.4 is 0 Å². The second-order valence-electron chi connectivity index (χ2n) is 7.79. The molecule has 1 aliphatic carbocycles. The molecule has 1 aromatic heterocycles. The molecule has 0 unspecified atom stereocenters. The van der Waals surface area contributed by atoms with Gasteiger partial charge in [-0.2, -0.15) is 4.31 Å². The van der Waals surface area contributed by atoms with Crippen molar-refractivity contribution in [2.24, 2.45) is 5.41 Å². The molecule has 8 heteroatoms. The van der Waals surface area contributed by atoms with Gasteiger partial charge in [0.05, 0.1) is 4.90 Å². The lowest BCUT2D eigenvalue weighted by Gasteiger charge is -2.31. The Morgan fingerprint density at radius 1 is 1.03 bits per heavy atom. The van der Waals surface area contributed by atoms with Crippen molar-refractivity contribution in [1.29, 1.82) is 0 Å². The van der Waals surface area contributed by atoms with Gasteiger partial charge in [0.15, 0.2) is 0 Å². The molecule has 0 amide bonds. The molecule has 2 aromatic carbocycles. The number of benzene rings is 2. The SMILES string of the molecule is O=S(=O)(c1ccccc1)N1CCC2(CC1)C[C@H]2c1nnc(-c2cccc(F)c2)o1. The summed E-state index contributed by atoms with van der Waals surface area (Å²) < 4.78 is 46.4. The third kappa shape index (κ3) is 3.26. The van der Waals surface area contributed by atoms with Crippen molar-refractivity contribution in [3.63, 3.8) is 0 Å². The van der Waals surface area contributed by atoms with Gasteiger partial charge in [-0.1, -0.05) is 24.3 Å². The summed E-state index contributed by atoms with van der Waals surface area (Å²) in [6, 6.07) is 14.6. The van der Waals surface area contributed by atoms with Gasteiger partial charge in [-0.05, 0) is 55.0 Å². The maximum Gasteiger partial charge on any atom is 0.247 e. The second kappa shape index (κ2) is 6.74. The average molecular weight is 413 g/mol. The maximum absolute atomic E-state index is 13.4. The van der Waals surface area contributed by atoms with Crippen molar-refractivity contribution in [2.75, 3.05) is 13.1 Å². The van der Waals surface area contributed by atoms with E-state index in [0.717, 1.165) is 19.3 Å². The van der Waals surface area contributed by atoms with E-state index in [9.17, 15) is 12.8 Å². The molecule has 2 aliphatic rings. The fraction of sp³-hybridized carbons (Fsp3) is 0.333. The largest absolute Gasteiger partial charge is 0.420 e. The van der Waals surface area contributed by atoms with Crippen molar-refractivity contribution in [3.8, 4) is 11.5 Å². The van der Waals surface area contributed by atoms with Gasteiger partial charge in [0, 0.05) is 24.6 Å². The molecule has 6 nitrogen and oxygen atoms in total. The fourth-order valence-corrected chi connectivity index (χ4v) is 5.74. The number of rotatable bonds is 4. The lowest BCUT2D eigenvalue weighted by molar-refractivity contribution is 0.246. The topological polar surface area (TPSA) is 76.3 Å². The third-order valence-electron chi connectivity index (χ3n) is 6.10. The Bertz CT molecular complexity index is 1140. The number of hydrogen-bond donors (Lipinski definition) is 0. The molecular weight excluding hydrogens is 393 g/mol. The normalized spacial score (nSPS) is 21.3. The molecule has 150 valence electrons. The summed E-state index contributed by atoms with van der Waals surface area (Å²) in [5, 5.41) is 8.25. The zero-order valence-corrected chi connectivity index (χ0v) is 16.5. The van der Waals surface area contributed by atoms with E-state index in [1.165, 1.54) is 12.1 Å². The monoisotopic (exact) mass is 413 g/mol. The Morgan fingerprint density at radius 2 is 1.79 bits per heavy atom. The van der Waals surface area contributed by atoms with E-state index in [0.29, 0.717) is 35.3 Å². The molecule has 1 aliphatic heterocycles. The highest BCUT2D eigenvalue weighted by Gasteiger charge is 2.58. The Morgan fingerprint density at radius 3 is 2.52 bits per heavy atom. The summed E-state index contributed by atoms with van der Waals surface area (Å²) in [5.74, 6) is 0.658. The van der Waals surface area contributed by atoms with Crippen LogP contribution in [0.15, 0.2) is 63.9 Å². The molecule has 0 radical (unpaired) electrons. The number of halogens is 1. The van der Waals surface area contributed by atoms with Crippen molar-refractivity contribution in [2.45, 2.75) is 30.1 Å². The van der Waals surface area contributed by atoms with Gasteiger partial charge in [0.25, 0.3) is 0 Å². The van der Waals surface area contributed by atoms with Crippen LogP contribution in [-0.2, 0) is 10.0 Å². The van der Waals surface area contributed by atoms with Crippen LogP contribution in [0.4, 0.5) is 4.39 Å². The summed E-state index contributed by atoms with van der Waals surface area (Å²) in [7, 11) is -3.46. The van der Waals surface area contributed by atoms with Crippen LogP contribution in [0.5, 0.6) is 0 Å². The highest BCUT2D eigenvalue weighted by molar-refractivity contribution is 7.89. The molecule has 5 rings (SSSR count). The van der Waals surface area contributed by atoms with E-state index in [-0.39, 0.29) is 17.2 Å². The zero-order valence-electron chi connectivity index (χ0n) is 15.7. The Labute approximate surface area is 168 Å². The molecule has 1 spiro atoms. The summed E-state index contributed by atoms with van der Waals surface area (Å²) in [6.45, 7) is 0.969. The number of sulfonamides is 1. The Kier molecular flexibility index (Phi) is 4.29. The first-order valence-corrected chi connectivity index (χ1v) is 11.1. The highest BCUT2D eigenvalue weighted by atomic mass is 32.2. The van der Waals surface area contributed by atoms with Crippen LogP contribution in [0, 0.1) is 11.2 Å². The molecular formula is C21H20FN3O3S. The number of aromatic nitrogens is 2. The first kappa shape index (κ1) is 18.4. The highest BCUT2D eigenvalue weighted by Crippen LogP contribution is 2.64. The minimum Gasteiger partial charge on any atom is -0.420 e. The van der Waals surface area contributed by atoms with E-state index < -0.39 is 10.0 Å². The predicted octanol–water partition coefficient (Wildman–Crippen LogP) is 3.83. The minimum atomic E-state index is -3.46. The molecule has 2 heterocycles. The van der Waals surface area contributed by atoms with Gasteiger partial charge in [-0.25, -0.2) is 12.8 Å². The second-order valence-corrected chi connectivity index (χ2v) is 9.73. The molecule has 0 bridgehead atoms. The summed E-state index contributed by atoms with van der Waals surface area (Å²) in [4.78, 5) is 0.333. The van der Waals surface area contributed by atoms with E-state index >= 15 is 0 Å². The fourth-order valence-electron chi connectivity index (χ4n) is 4.28. The van der Waals surface area contributed by atoms with Crippen LogP contribution in [0.2, 0.25) is 0 Å². The lowest BCUT2D eigenvalue weighted by atomic mass is 9.92. The molecule has 1 saturated carbocycles. The smallest absolute Gasteiger partial charge is 0.247 e. The van der Waals surface area contributed by atoms with E-state index in [2.05, 4.69) is 10.2 Å². The summed E-state index contributed by atoms with van der Waals surface area (Å²) >= 11 is 0. The van der Waals surface area contributed by atoms with E-state index in [1.807, 2.05) is 6.07 Å². The van der Waals surface area contributed by atoms with Crippen molar-refractivity contribution < 1.29 is 17.2 Å². The number of piperidine rings is 1. The standard InChI is InChI=1S/C21H20FN3O3S/c22-16-6-4-5-15(13-16)19-23-24-20(28-19)18-14-21(18)9-11-25(12-10-21)29(26,27)17-7-2-1-3-8-17/h1-8,13,18H,9-12,14H2/t18-/m0/s1. The van der Waals surface area contributed by atoms with Gasteiger partial charge in [-0.3, -0.25) is 0 Å². The summed E-state index contributed by atoms with van der Waals surface area (Å²) in [6.07, 6.45) is 2.44. The quantitative estimate of drug-likeness (QED) is 0.650. The van der Waals surface area contributed by atoms with Gasteiger partial charge in [0.2, 0.25) is 21.8 Å². The van der Waals surface area contributed by atoms with Gasteiger partial charge >= 0.3 is 0 Å². The van der Waals surface area contributed by atoms with Crippen LogP contribution in [-0.4, -0.2) is 36.0 Å². The van der Waals surface area contributed by atoms with E-state index in [1.54, 1.807) is 40.7 Å². The molecule has 0 N–H and O–H groups in total. The first-order valence-electron chi connectivity index (χ1n) is 9.63. The van der Waals surface area contributed by atoms with Crippen molar-refractivity contribution >= 4 is 10.0 Å². The predicted molar refractivity (Wildman–Crippen MR) is 104 cm³/mol. The first-order chi connectivity index (χ1) is 14.0. The van der Waals surface area contributed by atoms with Gasteiger partial charge in [0.1, 0.15) is 5.82 Å². The number of hydrogen-bond acceptors (Lipinski definition) is 5. The van der Waals surface area contributed by atoms with Crippen LogP contribution in [0.1, 0.15) is 31.1 Å². The van der Waals surface area contributed by atoms with Crippen molar-refractivity contribution in [1.82, 2.24) is 14.5 Å². The average Bonchev–Trinajstić information content (AvgIpc) is 3.20. The van der Waals surface area contributed by atoms with Gasteiger partial charge < -0.3 is 4.42 Å². The van der Waals surface area contributed by atoms with Crippen LogP contribution in [0.25, 0.3) is 11.5 Å². The maximum atomic E-state index is 13.4. The molecule has 3 aromatic rings. The zero-order chi connectivity index (χ0) is 20.1. The summed E-state index contributed by atoms with van der Waals surface area (Å²) in [5.41, 5.74) is 0.580. The Balaban J connectivity index is 1.28. The molecule has 1 atom stereocenters. The Hall–Kier alpha value is -2.58. The molecule has 2 fully saturated rings. The van der Waals surface area contributed by atoms with Crippen LogP contribution in [0.3, 0.4) is 0 Å². The van der Waals surface area contributed by atoms with E-state index in [4.69, 9.17) is 4.42 Å². The third-order valence-corrected chi connectivity index (χ3v) is 8.01. The molecule has 1 saturated heterocycles. The molecule has 29 heavy (non-hydrogen) atoms. The van der Waals surface area contributed by atoms with Gasteiger partial charge in [-0.15, -0.1) is 10.2 Å². The number of nitrogens with zero attached hydrogens (tertiary/aromatic N) is 3. The van der Waals surface area contributed by atoms with Crippen molar-refractivity contribution in [3.05, 3.63) is 66.3 Å². The van der Waals surface area contributed by atoms with Crippen LogP contribution >= 0.6 is 0 Å².